The van der Waals surface area contributed by atoms with Crippen LogP contribution in [0.1, 0.15) is 26.3 Å². The van der Waals surface area contributed by atoms with E-state index in [1.54, 1.807) is 47.4 Å². The molecule has 1 aliphatic rings. The van der Waals surface area contributed by atoms with Gasteiger partial charge in [0, 0.05) is 29.5 Å². The van der Waals surface area contributed by atoms with Crippen LogP contribution in [-0.4, -0.2) is 59.7 Å². The van der Waals surface area contributed by atoms with Crippen molar-refractivity contribution in [1.29, 1.82) is 0 Å². The molecular formula is C28H25ClN4O4S2. The van der Waals surface area contributed by atoms with Gasteiger partial charge in [0.25, 0.3) is 11.8 Å². The SMILES string of the molecule is Cc1c(Cl)cccc1NC(=O)CSc1nc2ccc(NC(=O)c3ccccc3C(=O)N3CCOCC3)cc2s1. The molecule has 0 saturated carbocycles. The van der Waals surface area contributed by atoms with Gasteiger partial charge in [-0.05, 0) is 55.0 Å². The summed E-state index contributed by atoms with van der Waals surface area (Å²) in [6, 6.07) is 17.6. The van der Waals surface area contributed by atoms with E-state index in [9.17, 15) is 14.4 Å². The smallest absolute Gasteiger partial charge is 0.256 e. The number of ether oxygens (including phenoxy) is 1. The lowest BCUT2D eigenvalue weighted by atomic mass is 10.0. The molecular weight excluding hydrogens is 556 g/mol. The fraction of sp³-hybridized carbons (Fsp3) is 0.214. The molecule has 8 nitrogen and oxygen atoms in total. The number of rotatable bonds is 7. The Hall–Kier alpha value is -3.44. The van der Waals surface area contributed by atoms with Crippen molar-refractivity contribution >= 4 is 74.0 Å². The number of aromatic nitrogens is 1. The van der Waals surface area contributed by atoms with E-state index in [1.165, 1.54) is 23.1 Å². The van der Waals surface area contributed by atoms with Crippen LogP contribution < -0.4 is 10.6 Å². The number of fused-ring (bicyclic) bond motifs is 1. The number of benzene rings is 3. The summed E-state index contributed by atoms with van der Waals surface area (Å²) in [5.41, 5.74) is 3.55. The third-order valence-corrected chi connectivity index (χ3v) is 8.77. The topological polar surface area (TPSA) is 101 Å². The van der Waals surface area contributed by atoms with Gasteiger partial charge in [-0.2, -0.15) is 0 Å². The summed E-state index contributed by atoms with van der Waals surface area (Å²) in [6.45, 7) is 3.83. The quantitative estimate of drug-likeness (QED) is 0.271. The third-order valence-electron chi connectivity index (χ3n) is 6.20. The molecule has 0 radical (unpaired) electrons. The zero-order chi connectivity index (χ0) is 27.4. The van der Waals surface area contributed by atoms with Gasteiger partial charge in [-0.15, -0.1) is 11.3 Å². The van der Waals surface area contributed by atoms with Gasteiger partial charge < -0.3 is 20.3 Å². The predicted molar refractivity (Wildman–Crippen MR) is 156 cm³/mol. The van der Waals surface area contributed by atoms with Crippen LogP contribution in [-0.2, 0) is 9.53 Å². The number of thioether (sulfide) groups is 1. The number of morpholine rings is 1. The van der Waals surface area contributed by atoms with Gasteiger partial charge in [0.1, 0.15) is 0 Å². The summed E-state index contributed by atoms with van der Waals surface area (Å²) < 4.78 is 6.95. The molecule has 2 N–H and O–H groups in total. The van der Waals surface area contributed by atoms with E-state index in [0.29, 0.717) is 53.8 Å². The van der Waals surface area contributed by atoms with Crippen LogP contribution in [0.4, 0.5) is 11.4 Å². The summed E-state index contributed by atoms with van der Waals surface area (Å²) in [4.78, 5) is 45.0. The Bertz CT molecular complexity index is 1550. The fourth-order valence-electron chi connectivity index (χ4n) is 4.10. The molecule has 1 aromatic heterocycles. The first-order valence-electron chi connectivity index (χ1n) is 12.2. The molecule has 1 saturated heterocycles. The molecule has 0 spiro atoms. The first-order chi connectivity index (χ1) is 18.9. The van der Waals surface area contributed by atoms with Crippen molar-refractivity contribution in [3.63, 3.8) is 0 Å². The minimum atomic E-state index is -0.362. The highest BCUT2D eigenvalue weighted by molar-refractivity contribution is 8.01. The van der Waals surface area contributed by atoms with E-state index >= 15 is 0 Å². The average Bonchev–Trinajstić information content (AvgIpc) is 3.37. The molecule has 11 heteroatoms. The second-order valence-corrected chi connectivity index (χ2v) is 11.5. The monoisotopic (exact) mass is 580 g/mol. The molecule has 0 atom stereocenters. The molecule has 4 aromatic rings. The normalized spacial score (nSPS) is 13.3. The number of hydrogen-bond donors (Lipinski definition) is 2. The Balaban J connectivity index is 1.24. The van der Waals surface area contributed by atoms with Crippen molar-refractivity contribution in [3.05, 3.63) is 82.4 Å². The van der Waals surface area contributed by atoms with Crippen molar-refractivity contribution in [1.82, 2.24) is 9.88 Å². The molecule has 2 heterocycles. The number of nitrogens with one attached hydrogen (secondary N) is 2. The van der Waals surface area contributed by atoms with Gasteiger partial charge in [-0.3, -0.25) is 14.4 Å². The highest BCUT2D eigenvalue weighted by atomic mass is 35.5. The Labute approximate surface area is 238 Å². The fourth-order valence-corrected chi connectivity index (χ4v) is 6.18. The molecule has 3 amide bonds. The molecule has 1 fully saturated rings. The van der Waals surface area contributed by atoms with E-state index in [1.807, 2.05) is 25.1 Å². The minimum Gasteiger partial charge on any atom is -0.378 e. The van der Waals surface area contributed by atoms with Crippen LogP contribution in [0.2, 0.25) is 5.02 Å². The Morgan fingerprint density at radius 2 is 1.79 bits per heavy atom. The van der Waals surface area contributed by atoms with Crippen LogP contribution >= 0.6 is 34.7 Å². The van der Waals surface area contributed by atoms with Crippen LogP contribution in [0.15, 0.2) is 65.0 Å². The number of carbonyl (C=O) groups excluding carboxylic acids is 3. The lowest BCUT2D eigenvalue weighted by molar-refractivity contribution is -0.113. The molecule has 39 heavy (non-hydrogen) atoms. The average molecular weight is 581 g/mol. The molecule has 1 aliphatic heterocycles. The number of halogens is 1. The number of nitrogens with zero attached hydrogens (tertiary/aromatic N) is 2. The molecule has 5 rings (SSSR count). The first kappa shape index (κ1) is 27.1. The second kappa shape index (κ2) is 12.2. The second-order valence-electron chi connectivity index (χ2n) is 8.82. The zero-order valence-electron chi connectivity index (χ0n) is 21.0. The third kappa shape index (κ3) is 6.42. The van der Waals surface area contributed by atoms with Gasteiger partial charge in [0.15, 0.2) is 4.34 Å². The molecule has 0 bridgehead atoms. The maximum Gasteiger partial charge on any atom is 0.256 e. The molecule has 0 aliphatic carbocycles. The van der Waals surface area contributed by atoms with Crippen molar-refractivity contribution in [2.75, 3.05) is 42.7 Å². The maximum absolute atomic E-state index is 13.2. The highest BCUT2D eigenvalue weighted by Gasteiger charge is 2.23. The summed E-state index contributed by atoms with van der Waals surface area (Å²) in [5.74, 6) is -0.497. The van der Waals surface area contributed by atoms with E-state index in [0.717, 1.165) is 20.1 Å². The van der Waals surface area contributed by atoms with Crippen molar-refractivity contribution in [3.8, 4) is 0 Å². The highest BCUT2D eigenvalue weighted by Crippen LogP contribution is 2.32. The summed E-state index contributed by atoms with van der Waals surface area (Å²) in [7, 11) is 0. The van der Waals surface area contributed by atoms with Gasteiger partial charge in [-0.1, -0.05) is 41.6 Å². The molecule has 3 aromatic carbocycles. The van der Waals surface area contributed by atoms with E-state index in [4.69, 9.17) is 16.3 Å². The van der Waals surface area contributed by atoms with Crippen LogP contribution in [0.3, 0.4) is 0 Å². The Morgan fingerprint density at radius 1 is 1.03 bits per heavy atom. The lowest BCUT2D eigenvalue weighted by Crippen LogP contribution is -2.41. The standard InChI is InChI=1S/C28H25ClN4O4S2/c1-17-21(29)7-4-8-22(17)31-25(34)16-38-28-32-23-10-9-18(15-24(23)39-28)30-26(35)19-5-2-3-6-20(19)27(36)33-11-13-37-14-12-33/h2-10,15H,11-14,16H2,1H3,(H,30,35)(H,31,34). The van der Waals surface area contributed by atoms with Crippen LogP contribution in [0.5, 0.6) is 0 Å². The number of thiazole rings is 1. The van der Waals surface area contributed by atoms with Gasteiger partial charge in [-0.25, -0.2) is 4.98 Å². The van der Waals surface area contributed by atoms with Crippen molar-refractivity contribution in [2.45, 2.75) is 11.3 Å². The number of carbonyl (C=O) groups is 3. The van der Waals surface area contributed by atoms with E-state index < -0.39 is 0 Å². The minimum absolute atomic E-state index is 0.150. The lowest BCUT2D eigenvalue weighted by Gasteiger charge is -2.27. The number of hydrogen-bond acceptors (Lipinski definition) is 7. The van der Waals surface area contributed by atoms with Gasteiger partial charge >= 0.3 is 0 Å². The van der Waals surface area contributed by atoms with Crippen LogP contribution in [0, 0.1) is 6.92 Å². The van der Waals surface area contributed by atoms with Gasteiger partial charge in [0.05, 0.1) is 40.3 Å². The number of amides is 3. The zero-order valence-corrected chi connectivity index (χ0v) is 23.4. The molecule has 200 valence electrons. The van der Waals surface area contributed by atoms with Crippen LogP contribution in [0.25, 0.3) is 10.2 Å². The largest absolute Gasteiger partial charge is 0.378 e. The van der Waals surface area contributed by atoms with Gasteiger partial charge in [0.2, 0.25) is 5.91 Å². The Kier molecular flexibility index (Phi) is 8.47. The summed E-state index contributed by atoms with van der Waals surface area (Å²) in [5, 5.41) is 6.39. The first-order valence-corrected chi connectivity index (χ1v) is 14.4. The predicted octanol–water partition coefficient (Wildman–Crippen LogP) is 5.71. The van der Waals surface area contributed by atoms with E-state index in [-0.39, 0.29) is 23.5 Å². The Morgan fingerprint density at radius 3 is 2.59 bits per heavy atom. The summed E-state index contributed by atoms with van der Waals surface area (Å²) in [6.07, 6.45) is 0. The van der Waals surface area contributed by atoms with E-state index in [2.05, 4.69) is 15.6 Å². The maximum atomic E-state index is 13.2. The van der Waals surface area contributed by atoms with Crippen molar-refractivity contribution in [2.24, 2.45) is 0 Å². The molecule has 0 unspecified atom stereocenters. The number of anilines is 2. The summed E-state index contributed by atoms with van der Waals surface area (Å²) >= 11 is 8.92. The van der Waals surface area contributed by atoms with Crippen molar-refractivity contribution < 1.29 is 19.1 Å².